The molecule has 0 saturated heterocycles. The van der Waals surface area contributed by atoms with Crippen molar-refractivity contribution in [3.63, 3.8) is 0 Å². The van der Waals surface area contributed by atoms with Crippen molar-refractivity contribution in [3.8, 4) is 0 Å². The molecule has 0 radical (unpaired) electrons. The maximum absolute atomic E-state index is 11.8. The van der Waals surface area contributed by atoms with Crippen LogP contribution in [0.3, 0.4) is 0 Å². The maximum atomic E-state index is 11.8. The van der Waals surface area contributed by atoms with E-state index in [0.29, 0.717) is 0 Å². The van der Waals surface area contributed by atoms with E-state index >= 15 is 0 Å². The third kappa shape index (κ3) is 2.78. The second-order valence-corrected chi connectivity index (χ2v) is 3.32. The molecule has 1 rings (SSSR count). The van der Waals surface area contributed by atoms with E-state index in [-0.39, 0.29) is 12.5 Å². The van der Waals surface area contributed by atoms with Gasteiger partial charge >= 0.3 is 5.97 Å². The molecular formula is C9H14N4O3. The van der Waals surface area contributed by atoms with Crippen LogP contribution in [0.1, 0.15) is 13.0 Å². The number of ether oxygens (including phenoxy) is 1. The van der Waals surface area contributed by atoms with Crippen molar-refractivity contribution in [2.75, 3.05) is 20.7 Å². The molecule has 16 heavy (non-hydrogen) atoms. The van der Waals surface area contributed by atoms with E-state index in [4.69, 9.17) is 0 Å². The molecule has 7 nitrogen and oxygen atoms in total. The lowest BCUT2D eigenvalue weighted by atomic mass is 10.3. The fraction of sp³-hybridized carbons (Fsp3) is 0.556. The first-order valence-electron chi connectivity index (χ1n) is 4.72. The van der Waals surface area contributed by atoms with Crippen molar-refractivity contribution in [1.29, 1.82) is 0 Å². The fourth-order valence-electron chi connectivity index (χ4n) is 1.19. The summed E-state index contributed by atoms with van der Waals surface area (Å²) < 4.78 is 5.90. The Kier molecular flexibility index (Phi) is 3.98. The van der Waals surface area contributed by atoms with Gasteiger partial charge in [-0.2, -0.15) is 5.10 Å². The van der Waals surface area contributed by atoms with Crippen LogP contribution in [0.15, 0.2) is 12.7 Å². The number of methoxy groups -OCH3 is 1. The molecule has 1 amide bonds. The molecule has 0 bridgehead atoms. The summed E-state index contributed by atoms with van der Waals surface area (Å²) in [4.78, 5) is 27.8. The predicted molar refractivity (Wildman–Crippen MR) is 54.4 cm³/mol. The summed E-state index contributed by atoms with van der Waals surface area (Å²) in [5.41, 5.74) is 0. The summed E-state index contributed by atoms with van der Waals surface area (Å²) >= 11 is 0. The summed E-state index contributed by atoms with van der Waals surface area (Å²) in [6, 6.07) is -0.489. The van der Waals surface area contributed by atoms with Gasteiger partial charge in [0.15, 0.2) is 0 Å². The van der Waals surface area contributed by atoms with E-state index < -0.39 is 12.0 Å². The number of esters is 1. The second-order valence-electron chi connectivity index (χ2n) is 3.32. The minimum absolute atomic E-state index is 0.0750. The van der Waals surface area contributed by atoms with Gasteiger partial charge < -0.3 is 9.64 Å². The highest BCUT2D eigenvalue weighted by Gasteiger charge is 2.21. The standard InChI is InChI=1S/C9H14N4O3/c1-7(13-6-10-5-11-13)9(15)12(2)4-8(14)16-3/h5-7H,4H2,1-3H3. The van der Waals surface area contributed by atoms with Crippen LogP contribution in [0.2, 0.25) is 0 Å². The summed E-state index contributed by atoms with van der Waals surface area (Å²) in [5.74, 6) is -0.683. The molecule has 0 aliphatic heterocycles. The number of hydrogen-bond acceptors (Lipinski definition) is 5. The molecule has 88 valence electrons. The Balaban J connectivity index is 2.60. The number of carbonyl (C=O) groups is 2. The Morgan fingerprint density at radius 2 is 2.25 bits per heavy atom. The molecule has 0 N–H and O–H groups in total. The van der Waals surface area contributed by atoms with E-state index in [9.17, 15) is 9.59 Å². The van der Waals surface area contributed by atoms with E-state index in [1.165, 1.54) is 36.4 Å². The van der Waals surface area contributed by atoms with Gasteiger partial charge in [-0.15, -0.1) is 0 Å². The Morgan fingerprint density at radius 1 is 1.56 bits per heavy atom. The minimum atomic E-state index is -0.489. The van der Waals surface area contributed by atoms with E-state index in [2.05, 4.69) is 14.8 Å². The lowest BCUT2D eigenvalue weighted by Crippen LogP contribution is -2.37. The Labute approximate surface area is 93.0 Å². The molecule has 0 aliphatic carbocycles. The van der Waals surface area contributed by atoms with Crippen LogP contribution in [0.5, 0.6) is 0 Å². The zero-order valence-corrected chi connectivity index (χ0v) is 9.45. The third-order valence-corrected chi connectivity index (χ3v) is 2.16. The number of likely N-dealkylation sites (N-methyl/N-ethyl adjacent to an activating group) is 1. The predicted octanol–water partition coefficient (Wildman–Crippen LogP) is -0.529. The zero-order valence-electron chi connectivity index (χ0n) is 9.45. The molecule has 1 aromatic rings. The molecule has 1 heterocycles. The average Bonchev–Trinajstić information content (AvgIpc) is 2.80. The molecule has 0 spiro atoms. The van der Waals surface area contributed by atoms with Crippen LogP contribution in [0.4, 0.5) is 0 Å². The van der Waals surface area contributed by atoms with E-state index in [0.717, 1.165) is 0 Å². The number of amides is 1. The number of aromatic nitrogens is 3. The molecule has 0 aliphatic rings. The summed E-state index contributed by atoms with van der Waals surface area (Å²) in [6.07, 6.45) is 2.80. The summed E-state index contributed by atoms with van der Waals surface area (Å²) in [7, 11) is 2.81. The molecule has 0 aromatic carbocycles. The normalized spacial score (nSPS) is 11.9. The van der Waals surface area contributed by atoms with Crippen molar-refractivity contribution in [2.45, 2.75) is 13.0 Å². The minimum Gasteiger partial charge on any atom is -0.468 e. The third-order valence-electron chi connectivity index (χ3n) is 2.16. The van der Waals surface area contributed by atoms with Crippen LogP contribution in [0.25, 0.3) is 0 Å². The number of carbonyl (C=O) groups excluding carboxylic acids is 2. The van der Waals surface area contributed by atoms with Gasteiger partial charge in [-0.25, -0.2) is 9.67 Å². The number of hydrogen-bond donors (Lipinski definition) is 0. The van der Waals surface area contributed by atoms with Crippen LogP contribution < -0.4 is 0 Å². The van der Waals surface area contributed by atoms with Crippen molar-refractivity contribution in [2.24, 2.45) is 0 Å². The summed E-state index contributed by atoms with van der Waals surface area (Å²) in [5, 5.41) is 3.86. The highest BCUT2D eigenvalue weighted by molar-refractivity contribution is 5.84. The van der Waals surface area contributed by atoms with Gasteiger partial charge in [0.2, 0.25) is 5.91 Å². The van der Waals surface area contributed by atoms with Gasteiger partial charge in [0.05, 0.1) is 7.11 Å². The highest BCUT2D eigenvalue weighted by Crippen LogP contribution is 2.06. The zero-order chi connectivity index (χ0) is 12.1. The Hall–Kier alpha value is -1.92. The Morgan fingerprint density at radius 3 is 2.75 bits per heavy atom. The molecule has 1 atom stereocenters. The SMILES string of the molecule is COC(=O)CN(C)C(=O)C(C)n1cncn1. The smallest absolute Gasteiger partial charge is 0.325 e. The van der Waals surface area contributed by atoms with Gasteiger partial charge in [-0.3, -0.25) is 9.59 Å². The molecule has 0 fully saturated rings. The largest absolute Gasteiger partial charge is 0.468 e. The first-order valence-corrected chi connectivity index (χ1v) is 4.72. The van der Waals surface area contributed by atoms with Crippen molar-refractivity contribution >= 4 is 11.9 Å². The molecule has 1 unspecified atom stereocenters. The quantitative estimate of drug-likeness (QED) is 0.645. The molecular weight excluding hydrogens is 212 g/mol. The number of nitrogens with zero attached hydrogens (tertiary/aromatic N) is 4. The van der Waals surface area contributed by atoms with E-state index in [1.807, 2.05) is 0 Å². The topological polar surface area (TPSA) is 77.3 Å². The highest BCUT2D eigenvalue weighted by atomic mass is 16.5. The first kappa shape index (κ1) is 12.2. The molecule has 1 aromatic heterocycles. The van der Waals surface area contributed by atoms with E-state index in [1.54, 1.807) is 6.92 Å². The van der Waals surface area contributed by atoms with Gasteiger partial charge in [0.1, 0.15) is 25.2 Å². The second kappa shape index (κ2) is 5.24. The molecule has 7 heteroatoms. The molecule has 0 saturated carbocycles. The van der Waals surface area contributed by atoms with Crippen LogP contribution in [-0.2, 0) is 14.3 Å². The number of rotatable bonds is 4. The monoisotopic (exact) mass is 226 g/mol. The first-order chi connectivity index (χ1) is 7.56. The van der Waals surface area contributed by atoms with Gasteiger partial charge in [-0.1, -0.05) is 0 Å². The van der Waals surface area contributed by atoms with Gasteiger partial charge in [0, 0.05) is 7.05 Å². The van der Waals surface area contributed by atoms with Crippen LogP contribution in [-0.4, -0.2) is 52.2 Å². The fourth-order valence-corrected chi connectivity index (χ4v) is 1.19. The summed E-state index contributed by atoms with van der Waals surface area (Å²) in [6.45, 7) is 1.61. The van der Waals surface area contributed by atoms with Crippen molar-refractivity contribution < 1.29 is 14.3 Å². The van der Waals surface area contributed by atoms with Crippen LogP contribution in [0, 0.1) is 0 Å². The van der Waals surface area contributed by atoms with Gasteiger partial charge in [0.25, 0.3) is 0 Å². The Bertz CT molecular complexity index is 363. The average molecular weight is 226 g/mol. The lowest BCUT2D eigenvalue weighted by Gasteiger charge is -2.19. The van der Waals surface area contributed by atoms with Crippen molar-refractivity contribution in [3.05, 3.63) is 12.7 Å². The lowest BCUT2D eigenvalue weighted by molar-refractivity contribution is -0.147. The van der Waals surface area contributed by atoms with Crippen LogP contribution >= 0.6 is 0 Å². The maximum Gasteiger partial charge on any atom is 0.325 e. The van der Waals surface area contributed by atoms with Gasteiger partial charge in [-0.05, 0) is 6.92 Å². The van der Waals surface area contributed by atoms with Crippen molar-refractivity contribution in [1.82, 2.24) is 19.7 Å².